The number of carboxylic acids is 1. The molecule has 1 saturated carbocycles. The van der Waals surface area contributed by atoms with Crippen LogP contribution in [0.3, 0.4) is 0 Å². The third-order valence-corrected chi connectivity index (χ3v) is 11.8. The van der Waals surface area contributed by atoms with E-state index in [4.69, 9.17) is 4.74 Å². The minimum absolute atomic E-state index is 0.0672. The van der Waals surface area contributed by atoms with Crippen molar-refractivity contribution in [3.05, 3.63) is 59.2 Å². The van der Waals surface area contributed by atoms with Gasteiger partial charge in [0, 0.05) is 12.6 Å². The van der Waals surface area contributed by atoms with Crippen LogP contribution in [0.2, 0.25) is 0 Å². The first kappa shape index (κ1) is 29.9. The zero-order chi connectivity index (χ0) is 29.7. The van der Waals surface area contributed by atoms with E-state index in [1.807, 2.05) is 0 Å². The highest BCUT2D eigenvalue weighted by atomic mass is 32.2. The predicted octanol–water partition coefficient (Wildman–Crippen LogP) is 4.73. The Morgan fingerprint density at radius 1 is 1.10 bits per heavy atom. The Morgan fingerprint density at radius 3 is 2.30 bits per heavy atom. The fourth-order valence-electron chi connectivity index (χ4n) is 5.95. The van der Waals surface area contributed by atoms with E-state index in [0.717, 1.165) is 18.2 Å². The molecule has 1 N–H and O–H groups in total. The van der Waals surface area contributed by atoms with Crippen LogP contribution in [0.5, 0.6) is 5.75 Å². The number of ether oxygens (including phenoxy) is 1. The first-order valence-corrected chi connectivity index (χ1v) is 15.0. The fraction of sp³-hybridized carbons (Fsp3) is 0.440. The molecule has 0 radical (unpaired) electrons. The van der Waals surface area contributed by atoms with Gasteiger partial charge in [-0.25, -0.2) is 25.6 Å². The minimum atomic E-state index is -4.79. The van der Waals surface area contributed by atoms with Gasteiger partial charge >= 0.3 is 12.1 Å². The number of halogens is 5. The smallest absolute Gasteiger partial charge is 0.416 e. The Hall–Kier alpha value is -3.07. The molecule has 0 spiro atoms. The third-order valence-electron chi connectivity index (χ3n) is 7.72. The molecule has 2 aromatic carbocycles. The first-order chi connectivity index (χ1) is 18.6. The predicted molar refractivity (Wildman–Crippen MR) is 132 cm³/mol. The van der Waals surface area contributed by atoms with E-state index < -0.39 is 107 Å². The van der Waals surface area contributed by atoms with E-state index in [9.17, 15) is 44.3 Å². The second-order valence-corrected chi connectivity index (χ2v) is 14.0. The van der Waals surface area contributed by atoms with E-state index in [1.54, 1.807) is 0 Å². The summed E-state index contributed by atoms with van der Waals surface area (Å²) in [5, 5.41) is 7.69. The highest BCUT2D eigenvalue weighted by molar-refractivity contribution is 7.92. The minimum Gasteiger partial charge on any atom is -0.490 e. The molecule has 2 aliphatic rings. The lowest BCUT2D eigenvalue weighted by Crippen LogP contribution is -2.54. The number of fused-ring (bicyclic) bond motifs is 3. The van der Waals surface area contributed by atoms with Crippen LogP contribution >= 0.6 is 0 Å². The van der Waals surface area contributed by atoms with Gasteiger partial charge in [0.1, 0.15) is 10.6 Å². The Bertz CT molecular complexity index is 1540. The van der Waals surface area contributed by atoms with E-state index in [-0.39, 0.29) is 19.3 Å². The van der Waals surface area contributed by atoms with Gasteiger partial charge in [0.15, 0.2) is 21.4 Å². The number of hydrogen-bond acceptors (Lipinski definition) is 6. The van der Waals surface area contributed by atoms with Gasteiger partial charge in [0.05, 0.1) is 34.3 Å². The molecule has 40 heavy (non-hydrogen) atoms. The Labute approximate surface area is 226 Å². The van der Waals surface area contributed by atoms with Crippen molar-refractivity contribution in [2.75, 3.05) is 6.61 Å². The SMILES string of the molecule is C=NS(=O)(=O)[C@H](CC(=O)O)C[C@@H]1CCC[C@@]2(S(=O)(=O)c3ccc(C(F)(F)F)cc3)c3c(F)ccc(F)c3OC[C@@H]12. The molecule has 15 heteroatoms. The summed E-state index contributed by atoms with van der Waals surface area (Å²) in [6.45, 7) is 2.48. The summed E-state index contributed by atoms with van der Waals surface area (Å²) in [5.41, 5.74) is -1.75. The lowest BCUT2D eigenvalue weighted by molar-refractivity contribution is -0.138. The maximum absolute atomic E-state index is 15.5. The molecule has 0 amide bonds. The summed E-state index contributed by atoms with van der Waals surface area (Å²) in [6, 6.07) is 4.06. The molecule has 4 rings (SSSR count). The largest absolute Gasteiger partial charge is 0.490 e. The number of carboxylic acid groups (broad SMARTS) is 1. The zero-order valence-electron chi connectivity index (χ0n) is 20.7. The van der Waals surface area contributed by atoms with Crippen molar-refractivity contribution in [3.8, 4) is 5.75 Å². The van der Waals surface area contributed by atoms with E-state index in [1.165, 1.54) is 0 Å². The standard InChI is InChI=1S/C25H24F5NO7S2/c1-31-40(36,37)17(12-21(32)33)11-14-3-2-10-24(18(14)13-38-23-20(27)9-8-19(26)22(23)24)39(34,35)16-6-4-15(5-7-16)25(28,29)30/h4-9,14,17-18H,1-3,10-13H2,(H,32,33)/t14-,17-,18-,24-/m0/s1. The summed E-state index contributed by atoms with van der Waals surface area (Å²) in [6.07, 6.45) is -6.05. The van der Waals surface area contributed by atoms with Gasteiger partial charge in [-0.15, -0.1) is 0 Å². The molecule has 0 unspecified atom stereocenters. The maximum atomic E-state index is 15.5. The average Bonchev–Trinajstić information content (AvgIpc) is 2.89. The quantitative estimate of drug-likeness (QED) is 0.339. The summed E-state index contributed by atoms with van der Waals surface area (Å²) < 4.78 is 130. The molecule has 8 nitrogen and oxygen atoms in total. The number of carbonyl (C=O) groups is 1. The van der Waals surface area contributed by atoms with Crippen molar-refractivity contribution in [3.63, 3.8) is 0 Å². The van der Waals surface area contributed by atoms with Gasteiger partial charge in [0.25, 0.3) is 10.0 Å². The monoisotopic (exact) mass is 609 g/mol. The van der Waals surface area contributed by atoms with Gasteiger partial charge in [-0.2, -0.15) is 17.6 Å². The van der Waals surface area contributed by atoms with Gasteiger partial charge in [-0.1, -0.05) is 6.42 Å². The molecule has 218 valence electrons. The van der Waals surface area contributed by atoms with Crippen LogP contribution in [0.15, 0.2) is 45.7 Å². The Kier molecular flexibility index (Phi) is 7.77. The van der Waals surface area contributed by atoms with E-state index in [0.29, 0.717) is 18.2 Å². The molecule has 2 aromatic rings. The van der Waals surface area contributed by atoms with Crippen molar-refractivity contribution in [1.29, 1.82) is 0 Å². The number of hydrogen-bond donors (Lipinski definition) is 1. The number of nitrogens with zero attached hydrogens (tertiary/aromatic N) is 1. The van der Waals surface area contributed by atoms with Gasteiger partial charge < -0.3 is 9.84 Å². The zero-order valence-corrected chi connectivity index (χ0v) is 22.3. The van der Waals surface area contributed by atoms with Gasteiger partial charge in [-0.3, -0.25) is 4.79 Å². The Morgan fingerprint density at radius 2 is 1.73 bits per heavy atom. The summed E-state index contributed by atoms with van der Waals surface area (Å²) in [5.74, 6) is -6.41. The molecular weight excluding hydrogens is 585 g/mol. The van der Waals surface area contributed by atoms with Crippen LogP contribution in [0.1, 0.15) is 43.2 Å². The molecule has 0 saturated heterocycles. The topological polar surface area (TPSA) is 127 Å². The highest BCUT2D eigenvalue weighted by Crippen LogP contribution is 2.59. The van der Waals surface area contributed by atoms with E-state index in [2.05, 4.69) is 11.1 Å². The average molecular weight is 610 g/mol. The lowest BCUT2D eigenvalue weighted by Gasteiger charge is -2.50. The molecular formula is C25H24F5NO7S2. The number of sulfonamides is 1. The number of rotatable bonds is 8. The van der Waals surface area contributed by atoms with Crippen molar-refractivity contribution in [1.82, 2.24) is 0 Å². The first-order valence-electron chi connectivity index (χ1n) is 12.0. The number of aliphatic carboxylic acids is 1. The fourth-order valence-corrected chi connectivity index (χ4v) is 9.45. The van der Waals surface area contributed by atoms with Gasteiger partial charge in [-0.05, 0) is 61.6 Å². The molecule has 0 bridgehead atoms. The Balaban J connectivity index is 1.92. The van der Waals surface area contributed by atoms with Crippen LogP contribution in [-0.2, 0) is 35.6 Å². The number of alkyl halides is 3. The summed E-state index contributed by atoms with van der Waals surface area (Å²) in [4.78, 5) is 10.9. The van der Waals surface area contributed by atoms with Crippen LogP contribution in [-0.4, -0.2) is 46.5 Å². The number of sulfone groups is 1. The van der Waals surface area contributed by atoms with Crippen LogP contribution in [0.25, 0.3) is 0 Å². The summed E-state index contributed by atoms with van der Waals surface area (Å²) in [7, 11) is -9.18. The lowest BCUT2D eigenvalue weighted by atomic mass is 9.66. The second kappa shape index (κ2) is 10.4. The maximum Gasteiger partial charge on any atom is 0.416 e. The summed E-state index contributed by atoms with van der Waals surface area (Å²) >= 11 is 0. The normalized spacial score (nSPS) is 23.8. The molecule has 1 aliphatic carbocycles. The number of benzene rings is 2. The second-order valence-electron chi connectivity index (χ2n) is 9.82. The van der Waals surface area contributed by atoms with Crippen LogP contribution in [0, 0.1) is 23.5 Å². The molecule has 4 atom stereocenters. The van der Waals surface area contributed by atoms with Crippen LogP contribution in [0.4, 0.5) is 22.0 Å². The van der Waals surface area contributed by atoms with Crippen molar-refractivity contribution >= 4 is 32.5 Å². The highest BCUT2D eigenvalue weighted by Gasteiger charge is 2.61. The van der Waals surface area contributed by atoms with Crippen LogP contribution < -0.4 is 4.74 Å². The van der Waals surface area contributed by atoms with Crippen molar-refractivity contribution in [2.24, 2.45) is 16.2 Å². The van der Waals surface area contributed by atoms with Crippen molar-refractivity contribution in [2.45, 2.75) is 53.2 Å². The molecule has 1 fully saturated rings. The van der Waals surface area contributed by atoms with Crippen molar-refractivity contribution < 1.29 is 53.4 Å². The van der Waals surface area contributed by atoms with Gasteiger partial charge in [0.2, 0.25) is 0 Å². The molecule has 0 aromatic heterocycles. The molecule has 1 aliphatic heterocycles. The molecule has 1 heterocycles. The third kappa shape index (κ3) is 4.97. The van der Waals surface area contributed by atoms with E-state index >= 15 is 4.39 Å².